The van der Waals surface area contributed by atoms with Crippen LogP contribution >= 0.6 is 11.7 Å². The van der Waals surface area contributed by atoms with E-state index in [0.717, 1.165) is 36.0 Å². The molecule has 3 unspecified atom stereocenters. The average Bonchev–Trinajstić information content (AvgIpc) is 2.92. The monoisotopic (exact) mass is 305 g/mol. The maximum Gasteiger partial charge on any atom is 0.308 e. The topological polar surface area (TPSA) is 66.3 Å². The molecule has 1 N–H and O–H groups in total. The van der Waals surface area contributed by atoms with Gasteiger partial charge in [0.25, 0.3) is 0 Å². The number of likely N-dealkylation sites (tertiary alicyclic amines) is 1. The van der Waals surface area contributed by atoms with Crippen molar-refractivity contribution in [3.63, 3.8) is 0 Å². The van der Waals surface area contributed by atoms with Crippen LogP contribution in [-0.4, -0.2) is 36.8 Å². The van der Waals surface area contributed by atoms with Gasteiger partial charge in [0.05, 0.1) is 17.6 Å². The molecule has 1 aromatic carbocycles. The fraction of sp³-hybridized carbons (Fsp3) is 0.533. The van der Waals surface area contributed by atoms with E-state index in [0.29, 0.717) is 6.04 Å². The average molecular weight is 305 g/mol. The number of carboxylic acid groups (broad SMARTS) is 1. The number of nitrogens with zero attached hydrogens (tertiary/aromatic N) is 3. The largest absolute Gasteiger partial charge is 0.481 e. The van der Waals surface area contributed by atoms with E-state index in [2.05, 4.69) is 26.6 Å². The number of aromatic nitrogens is 2. The number of aliphatic carboxylic acids is 1. The molecule has 0 radical (unpaired) electrons. The van der Waals surface area contributed by atoms with Crippen LogP contribution in [0.2, 0.25) is 0 Å². The Balaban J connectivity index is 1.88. The lowest BCUT2D eigenvalue weighted by atomic mass is 9.86. The molecule has 1 aliphatic heterocycles. The molecule has 0 spiro atoms. The fourth-order valence-electron chi connectivity index (χ4n) is 3.28. The lowest BCUT2D eigenvalue weighted by molar-refractivity contribution is -0.146. The summed E-state index contributed by atoms with van der Waals surface area (Å²) in [5, 5.41) is 9.37. The normalized spacial score (nSPS) is 27.0. The summed E-state index contributed by atoms with van der Waals surface area (Å²) >= 11 is 1.22. The predicted octanol–water partition coefficient (Wildman–Crippen LogP) is 2.76. The summed E-state index contributed by atoms with van der Waals surface area (Å²) in [5.74, 6) is -0.970. The highest BCUT2D eigenvalue weighted by molar-refractivity contribution is 7.00. The van der Waals surface area contributed by atoms with Crippen LogP contribution in [-0.2, 0) is 11.3 Å². The van der Waals surface area contributed by atoms with E-state index in [1.807, 2.05) is 19.1 Å². The van der Waals surface area contributed by atoms with E-state index in [-0.39, 0.29) is 12.0 Å². The minimum Gasteiger partial charge on any atom is -0.481 e. The number of hydrogen-bond donors (Lipinski definition) is 1. The molecule has 0 amide bonds. The van der Waals surface area contributed by atoms with Gasteiger partial charge in [-0.2, -0.15) is 8.75 Å². The van der Waals surface area contributed by atoms with E-state index < -0.39 is 5.97 Å². The van der Waals surface area contributed by atoms with Crippen molar-refractivity contribution >= 4 is 28.7 Å². The lowest BCUT2D eigenvalue weighted by Gasteiger charge is -2.42. The second-order valence-electron chi connectivity index (χ2n) is 5.83. The second-order valence-corrected chi connectivity index (χ2v) is 6.36. The van der Waals surface area contributed by atoms with E-state index >= 15 is 0 Å². The maximum atomic E-state index is 11.4. The smallest absolute Gasteiger partial charge is 0.308 e. The van der Waals surface area contributed by atoms with E-state index in [1.54, 1.807) is 0 Å². The van der Waals surface area contributed by atoms with Crippen LogP contribution in [0, 0.1) is 5.92 Å². The third-order valence-electron chi connectivity index (χ3n) is 4.61. The Hall–Kier alpha value is -1.53. The fourth-order valence-corrected chi connectivity index (χ4v) is 3.84. The van der Waals surface area contributed by atoms with Gasteiger partial charge in [0.1, 0.15) is 11.0 Å². The van der Waals surface area contributed by atoms with Crippen LogP contribution in [0.1, 0.15) is 32.3 Å². The molecular weight excluding hydrogens is 286 g/mol. The van der Waals surface area contributed by atoms with Gasteiger partial charge in [-0.05, 0) is 38.3 Å². The molecule has 21 heavy (non-hydrogen) atoms. The van der Waals surface area contributed by atoms with Crippen LogP contribution in [0.5, 0.6) is 0 Å². The van der Waals surface area contributed by atoms with Crippen molar-refractivity contribution in [2.45, 2.75) is 45.3 Å². The molecule has 6 heteroatoms. The first-order valence-corrected chi connectivity index (χ1v) is 7.99. The Labute approximate surface area is 127 Å². The molecule has 1 fully saturated rings. The van der Waals surface area contributed by atoms with Gasteiger partial charge in [0.15, 0.2) is 0 Å². The standard InChI is InChI=1S/C15H19N3O2S/c1-9-6-7-12(15(19)20)10(2)18(9)8-11-4-3-5-13-14(11)17-21-16-13/h3-5,9-10,12H,6-8H2,1-2H3,(H,19,20). The van der Waals surface area contributed by atoms with E-state index in [1.165, 1.54) is 11.7 Å². The molecule has 5 nitrogen and oxygen atoms in total. The van der Waals surface area contributed by atoms with Crippen molar-refractivity contribution in [1.29, 1.82) is 0 Å². The maximum absolute atomic E-state index is 11.4. The Morgan fingerprint density at radius 3 is 2.95 bits per heavy atom. The highest BCUT2D eigenvalue weighted by Crippen LogP contribution is 2.30. The third kappa shape index (κ3) is 2.65. The Bertz CT molecular complexity index is 657. The molecule has 0 saturated carbocycles. The second kappa shape index (κ2) is 5.69. The van der Waals surface area contributed by atoms with Crippen molar-refractivity contribution in [2.75, 3.05) is 0 Å². The minimum absolute atomic E-state index is 0.0353. The highest BCUT2D eigenvalue weighted by Gasteiger charge is 2.36. The SMILES string of the molecule is CC1CCC(C(=O)O)C(C)N1Cc1cccc2nsnc12. The lowest BCUT2D eigenvalue weighted by Crippen LogP contribution is -2.50. The molecule has 3 rings (SSSR count). The zero-order chi connectivity index (χ0) is 15.0. The van der Waals surface area contributed by atoms with Gasteiger partial charge in [0, 0.05) is 18.6 Å². The van der Waals surface area contributed by atoms with Gasteiger partial charge >= 0.3 is 5.97 Å². The number of hydrogen-bond acceptors (Lipinski definition) is 5. The third-order valence-corrected chi connectivity index (χ3v) is 5.15. The molecule has 112 valence electrons. The molecular formula is C15H19N3O2S. The molecule has 0 bridgehead atoms. The molecule has 3 atom stereocenters. The summed E-state index contributed by atoms with van der Waals surface area (Å²) in [6.07, 6.45) is 1.68. The zero-order valence-electron chi connectivity index (χ0n) is 12.2. The minimum atomic E-state index is -0.687. The number of carboxylic acids is 1. The summed E-state index contributed by atoms with van der Waals surface area (Å²) in [6, 6.07) is 6.44. The predicted molar refractivity (Wildman–Crippen MR) is 82.2 cm³/mol. The van der Waals surface area contributed by atoms with Crippen LogP contribution in [0.15, 0.2) is 18.2 Å². The first-order chi connectivity index (χ1) is 10.1. The molecule has 2 heterocycles. The van der Waals surface area contributed by atoms with Gasteiger partial charge in [0.2, 0.25) is 0 Å². The van der Waals surface area contributed by atoms with Crippen molar-refractivity contribution in [3.05, 3.63) is 23.8 Å². The van der Waals surface area contributed by atoms with Gasteiger partial charge in [-0.25, -0.2) is 0 Å². The number of rotatable bonds is 3. The van der Waals surface area contributed by atoms with Crippen molar-refractivity contribution in [3.8, 4) is 0 Å². The van der Waals surface area contributed by atoms with Crippen LogP contribution in [0.3, 0.4) is 0 Å². The molecule has 0 aliphatic carbocycles. The summed E-state index contributed by atoms with van der Waals surface area (Å²) < 4.78 is 8.65. The van der Waals surface area contributed by atoms with Crippen LogP contribution < -0.4 is 0 Å². The Morgan fingerprint density at radius 1 is 1.38 bits per heavy atom. The van der Waals surface area contributed by atoms with Gasteiger partial charge in [-0.15, -0.1) is 0 Å². The van der Waals surface area contributed by atoms with Gasteiger partial charge in [-0.3, -0.25) is 9.69 Å². The summed E-state index contributed by atoms with van der Waals surface area (Å²) in [4.78, 5) is 13.7. The van der Waals surface area contributed by atoms with Crippen molar-refractivity contribution in [1.82, 2.24) is 13.6 Å². The van der Waals surface area contributed by atoms with Crippen molar-refractivity contribution in [2.24, 2.45) is 5.92 Å². The van der Waals surface area contributed by atoms with Crippen LogP contribution in [0.4, 0.5) is 0 Å². The van der Waals surface area contributed by atoms with Crippen molar-refractivity contribution < 1.29 is 9.90 Å². The number of benzene rings is 1. The first-order valence-electron chi connectivity index (χ1n) is 7.26. The van der Waals surface area contributed by atoms with Gasteiger partial charge < -0.3 is 5.11 Å². The Morgan fingerprint density at radius 2 is 2.19 bits per heavy atom. The summed E-state index contributed by atoms with van der Waals surface area (Å²) in [6.45, 7) is 4.93. The molecule has 1 saturated heterocycles. The number of fused-ring (bicyclic) bond motifs is 1. The quantitative estimate of drug-likeness (QED) is 0.944. The first kappa shape index (κ1) is 14.4. The molecule has 1 aliphatic rings. The zero-order valence-corrected chi connectivity index (χ0v) is 13.0. The highest BCUT2D eigenvalue weighted by atomic mass is 32.1. The van der Waals surface area contributed by atoms with Gasteiger partial charge in [-0.1, -0.05) is 12.1 Å². The van der Waals surface area contributed by atoms with E-state index in [4.69, 9.17) is 0 Å². The number of piperidine rings is 1. The van der Waals surface area contributed by atoms with Crippen LogP contribution in [0.25, 0.3) is 11.0 Å². The number of carbonyl (C=O) groups is 1. The molecule has 2 aromatic rings. The summed E-state index contributed by atoms with van der Waals surface area (Å²) in [7, 11) is 0. The Kier molecular flexibility index (Phi) is 3.91. The molecule has 1 aromatic heterocycles. The van der Waals surface area contributed by atoms with E-state index in [9.17, 15) is 9.90 Å². The summed E-state index contributed by atoms with van der Waals surface area (Å²) in [5.41, 5.74) is 3.00.